The zero-order chi connectivity index (χ0) is 13.8. The van der Waals surface area contributed by atoms with E-state index in [1.807, 2.05) is 0 Å². The SMILES string of the molecule is COc1ccc(/C(C)=C/CCN)cc1C(C)(C)C. The Morgan fingerprint density at radius 2 is 2.00 bits per heavy atom. The van der Waals surface area contributed by atoms with Crippen LogP contribution in [0, 0.1) is 0 Å². The van der Waals surface area contributed by atoms with Crippen molar-refractivity contribution >= 4 is 5.57 Å². The normalized spacial score (nSPS) is 12.7. The first-order valence-corrected chi connectivity index (χ1v) is 6.46. The fraction of sp³-hybridized carbons (Fsp3) is 0.500. The van der Waals surface area contributed by atoms with Crippen LogP contribution in [0.4, 0.5) is 0 Å². The van der Waals surface area contributed by atoms with Crippen LogP contribution >= 0.6 is 0 Å². The second-order valence-corrected chi connectivity index (χ2v) is 5.63. The van der Waals surface area contributed by atoms with Crippen molar-refractivity contribution in [3.63, 3.8) is 0 Å². The number of methoxy groups -OCH3 is 1. The second-order valence-electron chi connectivity index (χ2n) is 5.63. The van der Waals surface area contributed by atoms with Crippen LogP contribution in [0.3, 0.4) is 0 Å². The van der Waals surface area contributed by atoms with Crippen molar-refractivity contribution in [2.24, 2.45) is 5.73 Å². The van der Waals surface area contributed by atoms with Gasteiger partial charge in [-0.2, -0.15) is 0 Å². The third-order valence-corrected chi connectivity index (χ3v) is 3.08. The lowest BCUT2D eigenvalue weighted by Crippen LogP contribution is -2.13. The molecular formula is C16H25NO. The van der Waals surface area contributed by atoms with E-state index in [1.165, 1.54) is 16.7 Å². The third-order valence-electron chi connectivity index (χ3n) is 3.08. The summed E-state index contributed by atoms with van der Waals surface area (Å²) in [6.45, 7) is 9.43. The van der Waals surface area contributed by atoms with Gasteiger partial charge in [0.25, 0.3) is 0 Å². The highest BCUT2D eigenvalue weighted by Gasteiger charge is 2.19. The van der Waals surface area contributed by atoms with Crippen LogP contribution in [0.15, 0.2) is 24.3 Å². The molecule has 0 aromatic heterocycles. The number of ether oxygens (including phenoxy) is 1. The van der Waals surface area contributed by atoms with E-state index in [0.29, 0.717) is 6.54 Å². The van der Waals surface area contributed by atoms with Crippen LogP contribution in [0.2, 0.25) is 0 Å². The molecule has 2 nitrogen and oxygen atoms in total. The van der Waals surface area contributed by atoms with Gasteiger partial charge in [0.1, 0.15) is 5.75 Å². The topological polar surface area (TPSA) is 35.2 Å². The number of hydrogen-bond acceptors (Lipinski definition) is 2. The molecule has 0 saturated heterocycles. The molecule has 0 saturated carbocycles. The van der Waals surface area contributed by atoms with Crippen molar-refractivity contribution in [2.45, 2.75) is 39.5 Å². The van der Waals surface area contributed by atoms with Crippen molar-refractivity contribution in [3.05, 3.63) is 35.4 Å². The van der Waals surface area contributed by atoms with Crippen LogP contribution in [0.1, 0.15) is 45.2 Å². The number of allylic oxidation sites excluding steroid dienone is 1. The lowest BCUT2D eigenvalue weighted by atomic mass is 9.84. The third kappa shape index (κ3) is 3.61. The highest BCUT2D eigenvalue weighted by molar-refractivity contribution is 5.66. The van der Waals surface area contributed by atoms with Crippen LogP contribution in [0.5, 0.6) is 5.75 Å². The van der Waals surface area contributed by atoms with Gasteiger partial charge in [-0.15, -0.1) is 0 Å². The Kier molecular flexibility index (Phi) is 4.97. The van der Waals surface area contributed by atoms with Gasteiger partial charge < -0.3 is 10.5 Å². The van der Waals surface area contributed by atoms with E-state index in [1.54, 1.807) is 7.11 Å². The molecule has 1 aromatic rings. The molecule has 0 bridgehead atoms. The fourth-order valence-corrected chi connectivity index (χ4v) is 1.96. The van der Waals surface area contributed by atoms with Gasteiger partial charge in [0.15, 0.2) is 0 Å². The van der Waals surface area contributed by atoms with Crippen molar-refractivity contribution in [2.75, 3.05) is 13.7 Å². The maximum absolute atomic E-state index is 5.54. The van der Waals surface area contributed by atoms with E-state index in [9.17, 15) is 0 Å². The van der Waals surface area contributed by atoms with Gasteiger partial charge >= 0.3 is 0 Å². The molecule has 0 amide bonds. The predicted octanol–water partition coefficient (Wildman–Crippen LogP) is 3.74. The van der Waals surface area contributed by atoms with Crippen LogP contribution < -0.4 is 10.5 Å². The lowest BCUT2D eigenvalue weighted by molar-refractivity contribution is 0.397. The van der Waals surface area contributed by atoms with Crippen LogP contribution in [-0.4, -0.2) is 13.7 Å². The van der Waals surface area contributed by atoms with Crippen molar-refractivity contribution in [3.8, 4) is 5.75 Å². The van der Waals surface area contributed by atoms with Gasteiger partial charge in [-0.25, -0.2) is 0 Å². The predicted molar refractivity (Wildman–Crippen MR) is 79.0 cm³/mol. The molecule has 2 N–H and O–H groups in total. The second kappa shape index (κ2) is 6.05. The average Bonchev–Trinajstić information content (AvgIpc) is 2.34. The molecule has 0 aliphatic rings. The van der Waals surface area contributed by atoms with Gasteiger partial charge in [-0.3, -0.25) is 0 Å². The molecule has 0 aliphatic heterocycles. The van der Waals surface area contributed by atoms with E-state index in [2.05, 4.69) is 52.0 Å². The number of benzene rings is 1. The molecule has 1 aromatic carbocycles. The minimum atomic E-state index is 0.0789. The highest BCUT2D eigenvalue weighted by atomic mass is 16.5. The largest absolute Gasteiger partial charge is 0.496 e. The summed E-state index contributed by atoms with van der Waals surface area (Å²) in [5, 5.41) is 0. The molecule has 100 valence electrons. The molecule has 0 fully saturated rings. The van der Waals surface area contributed by atoms with Crippen molar-refractivity contribution < 1.29 is 4.74 Å². The summed E-state index contributed by atoms with van der Waals surface area (Å²) in [5.74, 6) is 0.956. The van der Waals surface area contributed by atoms with E-state index in [-0.39, 0.29) is 5.41 Å². The lowest BCUT2D eigenvalue weighted by Gasteiger charge is -2.23. The zero-order valence-electron chi connectivity index (χ0n) is 12.2. The Labute approximate surface area is 111 Å². The van der Waals surface area contributed by atoms with Crippen molar-refractivity contribution in [1.29, 1.82) is 0 Å². The van der Waals surface area contributed by atoms with Gasteiger partial charge in [-0.1, -0.05) is 32.9 Å². The Morgan fingerprint density at radius 3 is 2.50 bits per heavy atom. The summed E-state index contributed by atoms with van der Waals surface area (Å²) in [4.78, 5) is 0. The first kappa shape index (κ1) is 14.8. The summed E-state index contributed by atoms with van der Waals surface area (Å²) >= 11 is 0. The quantitative estimate of drug-likeness (QED) is 0.879. The van der Waals surface area contributed by atoms with Crippen LogP contribution in [0.25, 0.3) is 5.57 Å². The average molecular weight is 247 g/mol. The van der Waals surface area contributed by atoms with E-state index >= 15 is 0 Å². The minimum absolute atomic E-state index is 0.0789. The molecular weight excluding hydrogens is 222 g/mol. The maximum Gasteiger partial charge on any atom is 0.122 e. The number of hydrogen-bond donors (Lipinski definition) is 1. The molecule has 0 heterocycles. The molecule has 0 unspecified atom stereocenters. The first-order valence-electron chi connectivity index (χ1n) is 6.46. The first-order chi connectivity index (χ1) is 8.40. The van der Waals surface area contributed by atoms with Gasteiger partial charge in [-0.05, 0) is 48.6 Å². The molecule has 0 radical (unpaired) electrons. The summed E-state index contributed by atoms with van der Waals surface area (Å²) in [7, 11) is 1.72. The van der Waals surface area contributed by atoms with E-state index in [0.717, 1.165) is 12.2 Å². The summed E-state index contributed by atoms with van der Waals surface area (Å²) in [6, 6.07) is 6.38. The van der Waals surface area contributed by atoms with Crippen molar-refractivity contribution in [1.82, 2.24) is 0 Å². The Hall–Kier alpha value is -1.28. The monoisotopic (exact) mass is 247 g/mol. The Balaban J connectivity index is 3.19. The molecule has 2 heteroatoms. The van der Waals surface area contributed by atoms with Gasteiger partial charge in [0, 0.05) is 5.56 Å². The highest BCUT2D eigenvalue weighted by Crippen LogP contribution is 2.33. The Bertz CT molecular complexity index is 427. The van der Waals surface area contributed by atoms with Crippen LogP contribution in [-0.2, 0) is 5.41 Å². The summed E-state index contributed by atoms with van der Waals surface area (Å²) < 4.78 is 5.45. The number of nitrogens with two attached hydrogens (primary N) is 1. The summed E-state index contributed by atoms with van der Waals surface area (Å²) in [6.07, 6.45) is 3.11. The summed E-state index contributed by atoms with van der Waals surface area (Å²) in [5.41, 5.74) is 9.37. The van der Waals surface area contributed by atoms with Gasteiger partial charge in [0.2, 0.25) is 0 Å². The zero-order valence-corrected chi connectivity index (χ0v) is 12.2. The van der Waals surface area contributed by atoms with E-state index < -0.39 is 0 Å². The molecule has 1 rings (SSSR count). The molecule has 0 atom stereocenters. The molecule has 18 heavy (non-hydrogen) atoms. The number of rotatable bonds is 4. The molecule has 0 spiro atoms. The van der Waals surface area contributed by atoms with Gasteiger partial charge in [0.05, 0.1) is 7.11 Å². The fourth-order valence-electron chi connectivity index (χ4n) is 1.96. The standard InChI is InChI=1S/C16H25NO/c1-12(7-6-10-17)13-8-9-15(18-5)14(11-13)16(2,3)4/h7-9,11H,6,10,17H2,1-5H3/b12-7+. The minimum Gasteiger partial charge on any atom is -0.496 e. The smallest absolute Gasteiger partial charge is 0.122 e. The Morgan fingerprint density at radius 1 is 1.33 bits per heavy atom. The van der Waals surface area contributed by atoms with E-state index in [4.69, 9.17) is 10.5 Å². The maximum atomic E-state index is 5.54. The molecule has 0 aliphatic carbocycles.